The molecule has 1 atom stereocenters. The Morgan fingerprint density at radius 2 is 1.91 bits per heavy atom. The third kappa shape index (κ3) is 4.94. The molecule has 3 aromatic rings. The van der Waals surface area contributed by atoms with Crippen LogP contribution in [0.4, 0.5) is 0 Å². The summed E-state index contributed by atoms with van der Waals surface area (Å²) >= 11 is 0. The highest BCUT2D eigenvalue weighted by atomic mass is 32.2. The number of oxazole rings is 1. The zero-order valence-electron chi connectivity index (χ0n) is 18.0. The lowest BCUT2D eigenvalue weighted by atomic mass is 9.98. The molecule has 4 rings (SSSR count). The van der Waals surface area contributed by atoms with Gasteiger partial charge in [-0.3, -0.25) is 9.36 Å². The molecule has 1 aliphatic rings. The Morgan fingerprint density at radius 1 is 1.16 bits per heavy atom. The molecule has 0 spiro atoms. The van der Waals surface area contributed by atoms with Crippen LogP contribution in [0.1, 0.15) is 24.8 Å². The van der Waals surface area contributed by atoms with Crippen molar-refractivity contribution in [1.29, 1.82) is 0 Å². The lowest BCUT2D eigenvalue weighted by Gasteiger charge is -2.33. The van der Waals surface area contributed by atoms with Crippen LogP contribution < -0.4 is 10.5 Å². The number of sulfonamides is 1. The van der Waals surface area contributed by atoms with Crippen LogP contribution in [0.3, 0.4) is 0 Å². The van der Waals surface area contributed by atoms with Crippen molar-refractivity contribution in [2.24, 2.45) is 5.92 Å². The minimum absolute atomic E-state index is 0.0467. The van der Waals surface area contributed by atoms with Gasteiger partial charge in [0.15, 0.2) is 5.58 Å². The van der Waals surface area contributed by atoms with Crippen LogP contribution in [0.25, 0.3) is 11.1 Å². The normalized spacial score (nSPS) is 17.0. The van der Waals surface area contributed by atoms with E-state index in [9.17, 15) is 18.0 Å². The summed E-state index contributed by atoms with van der Waals surface area (Å²) in [6, 6.07) is 13.9. The summed E-state index contributed by atoms with van der Waals surface area (Å²) in [5.74, 6) is -0.472. The zero-order chi connectivity index (χ0) is 22.7. The number of aryl methyl sites for hydroxylation is 2. The van der Waals surface area contributed by atoms with E-state index in [1.54, 1.807) is 47.4 Å². The lowest BCUT2D eigenvalue weighted by Crippen LogP contribution is -2.44. The molecule has 32 heavy (non-hydrogen) atoms. The second kappa shape index (κ2) is 9.30. The molecule has 1 aliphatic heterocycles. The van der Waals surface area contributed by atoms with Crippen molar-refractivity contribution in [3.05, 3.63) is 64.6 Å². The molecule has 1 N–H and O–H groups in total. The second-order valence-corrected chi connectivity index (χ2v) is 10.0. The maximum Gasteiger partial charge on any atom is 0.419 e. The number of carbonyl (C=O) groups excluding carboxylic acids is 1. The zero-order valence-corrected chi connectivity index (χ0v) is 18.8. The Hall–Kier alpha value is -2.91. The number of carbonyl (C=O) groups is 1. The van der Waals surface area contributed by atoms with Crippen molar-refractivity contribution in [2.45, 2.75) is 37.6 Å². The first-order valence-corrected chi connectivity index (χ1v) is 12.2. The standard InChI is InChI=1S/C23H27N3O5S/c1-17-8-10-19(11-9-17)32(29,30)24-15-18-5-4-13-25(16-18)22(27)12-14-26-20-6-2-3-7-21(20)31-23(26)28/h2-3,6-11,18,24H,4-5,12-16H2,1H3. The van der Waals surface area contributed by atoms with Crippen molar-refractivity contribution in [2.75, 3.05) is 19.6 Å². The number of hydrogen-bond donors (Lipinski definition) is 1. The molecule has 1 saturated heterocycles. The van der Waals surface area contributed by atoms with Gasteiger partial charge >= 0.3 is 5.76 Å². The highest BCUT2D eigenvalue weighted by Crippen LogP contribution is 2.19. The number of nitrogens with one attached hydrogen (secondary N) is 1. The second-order valence-electron chi connectivity index (χ2n) is 8.25. The van der Waals surface area contributed by atoms with Gasteiger partial charge in [-0.1, -0.05) is 29.8 Å². The first-order chi connectivity index (χ1) is 15.3. The Bertz CT molecular complexity index is 1260. The van der Waals surface area contributed by atoms with Gasteiger partial charge in [-0.15, -0.1) is 0 Å². The number of amides is 1. The highest BCUT2D eigenvalue weighted by Gasteiger charge is 2.25. The fraction of sp³-hybridized carbons (Fsp3) is 0.391. The summed E-state index contributed by atoms with van der Waals surface area (Å²) in [6.07, 6.45) is 1.86. The van der Waals surface area contributed by atoms with Crippen LogP contribution >= 0.6 is 0 Å². The van der Waals surface area contributed by atoms with Crippen LogP contribution in [0, 0.1) is 12.8 Å². The number of piperidine rings is 1. The van der Waals surface area contributed by atoms with E-state index in [0.29, 0.717) is 24.2 Å². The predicted molar refractivity (Wildman–Crippen MR) is 121 cm³/mol. The fourth-order valence-corrected chi connectivity index (χ4v) is 5.19. The Kier molecular flexibility index (Phi) is 6.48. The van der Waals surface area contributed by atoms with E-state index in [0.717, 1.165) is 18.4 Å². The fourth-order valence-electron chi connectivity index (χ4n) is 4.08. The van der Waals surface area contributed by atoms with Gasteiger partial charge in [0.2, 0.25) is 15.9 Å². The number of hydrogen-bond acceptors (Lipinski definition) is 5. The van der Waals surface area contributed by atoms with Crippen molar-refractivity contribution in [3.8, 4) is 0 Å². The SMILES string of the molecule is Cc1ccc(S(=O)(=O)NCC2CCCN(C(=O)CCn3c(=O)oc4ccccc43)C2)cc1. The number of likely N-dealkylation sites (tertiary alicyclic amines) is 1. The van der Waals surface area contributed by atoms with Gasteiger partial charge in [-0.25, -0.2) is 17.9 Å². The summed E-state index contributed by atoms with van der Waals surface area (Å²) < 4.78 is 34.5. The van der Waals surface area contributed by atoms with Gasteiger partial charge in [-0.2, -0.15) is 0 Å². The topological polar surface area (TPSA) is 102 Å². The number of fused-ring (bicyclic) bond motifs is 1. The van der Waals surface area contributed by atoms with E-state index < -0.39 is 15.8 Å². The molecule has 0 radical (unpaired) electrons. The molecule has 1 unspecified atom stereocenters. The Morgan fingerprint density at radius 3 is 2.69 bits per heavy atom. The Labute approximate surface area is 186 Å². The van der Waals surface area contributed by atoms with Crippen LogP contribution in [-0.2, 0) is 21.4 Å². The van der Waals surface area contributed by atoms with Gasteiger partial charge < -0.3 is 9.32 Å². The molecule has 1 amide bonds. The molecule has 8 nitrogen and oxygen atoms in total. The van der Waals surface area contributed by atoms with Crippen molar-refractivity contribution in [1.82, 2.24) is 14.2 Å². The number of rotatable bonds is 7. The van der Waals surface area contributed by atoms with E-state index in [-0.39, 0.29) is 36.2 Å². The number of para-hydroxylation sites is 2. The Balaban J connectivity index is 1.33. The third-order valence-corrected chi connectivity index (χ3v) is 7.33. The van der Waals surface area contributed by atoms with Crippen LogP contribution in [0.2, 0.25) is 0 Å². The molecule has 2 aromatic carbocycles. The van der Waals surface area contributed by atoms with E-state index in [2.05, 4.69) is 4.72 Å². The van der Waals surface area contributed by atoms with Crippen LogP contribution in [0.15, 0.2) is 62.6 Å². The molecule has 0 aliphatic carbocycles. The summed E-state index contributed by atoms with van der Waals surface area (Å²) in [7, 11) is -3.58. The van der Waals surface area contributed by atoms with Crippen molar-refractivity contribution >= 4 is 27.0 Å². The summed E-state index contributed by atoms with van der Waals surface area (Å²) in [4.78, 5) is 26.9. The quantitative estimate of drug-likeness (QED) is 0.587. The highest BCUT2D eigenvalue weighted by molar-refractivity contribution is 7.89. The molecule has 1 fully saturated rings. The molecular weight excluding hydrogens is 430 g/mol. The smallest absolute Gasteiger partial charge is 0.408 e. The molecule has 170 valence electrons. The molecular formula is C23H27N3O5S. The van der Waals surface area contributed by atoms with E-state index >= 15 is 0 Å². The number of aromatic nitrogens is 1. The molecule has 1 aromatic heterocycles. The van der Waals surface area contributed by atoms with Gasteiger partial charge in [-0.05, 0) is 49.9 Å². The average molecular weight is 458 g/mol. The predicted octanol–water partition coefficient (Wildman–Crippen LogP) is 2.51. The lowest BCUT2D eigenvalue weighted by molar-refractivity contribution is -0.133. The first-order valence-electron chi connectivity index (χ1n) is 10.8. The maximum absolute atomic E-state index is 12.8. The monoisotopic (exact) mass is 457 g/mol. The average Bonchev–Trinajstić information content (AvgIpc) is 3.11. The first kappa shape index (κ1) is 22.3. The number of nitrogens with zero attached hydrogens (tertiary/aromatic N) is 2. The van der Waals surface area contributed by atoms with Gasteiger partial charge in [0.25, 0.3) is 0 Å². The summed E-state index contributed by atoms with van der Waals surface area (Å²) in [5.41, 5.74) is 2.17. The van der Waals surface area contributed by atoms with Gasteiger partial charge in [0, 0.05) is 32.6 Å². The molecule has 2 heterocycles. The van der Waals surface area contributed by atoms with E-state index in [4.69, 9.17) is 4.42 Å². The van der Waals surface area contributed by atoms with E-state index in [1.165, 1.54) is 4.57 Å². The molecule has 9 heteroatoms. The molecule has 0 saturated carbocycles. The van der Waals surface area contributed by atoms with Crippen LogP contribution in [-0.4, -0.2) is 43.4 Å². The largest absolute Gasteiger partial charge is 0.419 e. The van der Waals surface area contributed by atoms with Crippen molar-refractivity contribution < 1.29 is 17.6 Å². The minimum atomic E-state index is -3.58. The number of benzene rings is 2. The van der Waals surface area contributed by atoms with Gasteiger partial charge in [0.05, 0.1) is 10.4 Å². The van der Waals surface area contributed by atoms with Gasteiger partial charge in [0.1, 0.15) is 0 Å². The maximum atomic E-state index is 12.8. The van der Waals surface area contributed by atoms with Crippen molar-refractivity contribution in [3.63, 3.8) is 0 Å². The summed E-state index contributed by atoms with van der Waals surface area (Å²) in [6.45, 7) is 3.57. The summed E-state index contributed by atoms with van der Waals surface area (Å²) in [5, 5.41) is 0. The van der Waals surface area contributed by atoms with E-state index in [1.807, 2.05) is 13.0 Å². The van der Waals surface area contributed by atoms with Crippen LogP contribution in [0.5, 0.6) is 0 Å². The molecule has 0 bridgehead atoms. The minimum Gasteiger partial charge on any atom is -0.408 e. The third-order valence-electron chi connectivity index (χ3n) is 5.89.